The average molecular weight is 341 g/mol. The molecule has 8 heteroatoms. The Bertz CT molecular complexity index is 724. The van der Waals surface area contributed by atoms with Gasteiger partial charge in [-0.2, -0.15) is 4.68 Å². The normalized spacial score (nSPS) is 22.2. The molecule has 2 aliphatic rings. The van der Waals surface area contributed by atoms with Crippen LogP contribution in [0.2, 0.25) is 0 Å². The predicted molar refractivity (Wildman–Crippen MR) is 91.9 cm³/mol. The molecule has 2 saturated heterocycles. The lowest BCUT2D eigenvalue weighted by Crippen LogP contribution is -2.40. The van der Waals surface area contributed by atoms with Gasteiger partial charge in [0.2, 0.25) is 5.91 Å². The minimum absolute atomic E-state index is 0.0259. The standard InChI is InChI=1S/C17H23N7O/c25-16(14-10-17(12-20-14)6-8-18-9-7-17)19-11-15-21-22-23-24(15)13-4-2-1-3-5-13/h1-5,14,18,20H,6-12H2,(H,19,25)/t14-/m0/s1. The van der Waals surface area contributed by atoms with E-state index in [1.54, 1.807) is 4.68 Å². The van der Waals surface area contributed by atoms with Crippen LogP contribution in [0.5, 0.6) is 0 Å². The molecule has 8 nitrogen and oxygen atoms in total. The fourth-order valence-corrected chi connectivity index (χ4v) is 3.82. The highest BCUT2D eigenvalue weighted by atomic mass is 16.2. The van der Waals surface area contributed by atoms with E-state index in [0.717, 1.165) is 44.6 Å². The molecule has 2 fully saturated rings. The monoisotopic (exact) mass is 341 g/mol. The molecule has 1 spiro atoms. The van der Waals surface area contributed by atoms with Gasteiger partial charge in [-0.3, -0.25) is 4.79 Å². The number of para-hydroxylation sites is 1. The first-order valence-electron chi connectivity index (χ1n) is 8.80. The van der Waals surface area contributed by atoms with Crippen molar-refractivity contribution in [3.63, 3.8) is 0 Å². The van der Waals surface area contributed by atoms with Crippen LogP contribution in [0.25, 0.3) is 5.69 Å². The molecule has 0 aliphatic carbocycles. The van der Waals surface area contributed by atoms with E-state index in [1.165, 1.54) is 0 Å². The van der Waals surface area contributed by atoms with Gasteiger partial charge in [-0.05, 0) is 60.3 Å². The molecule has 3 heterocycles. The van der Waals surface area contributed by atoms with E-state index in [0.29, 0.717) is 12.4 Å². The molecule has 2 aliphatic heterocycles. The Labute approximate surface area is 146 Å². The van der Waals surface area contributed by atoms with Crippen molar-refractivity contribution in [1.82, 2.24) is 36.2 Å². The third kappa shape index (κ3) is 3.40. The molecule has 1 atom stereocenters. The van der Waals surface area contributed by atoms with Gasteiger partial charge in [-0.15, -0.1) is 5.10 Å². The van der Waals surface area contributed by atoms with Gasteiger partial charge in [0, 0.05) is 6.54 Å². The third-order valence-corrected chi connectivity index (χ3v) is 5.30. The van der Waals surface area contributed by atoms with Gasteiger partial charge in [0.25, 0.3) is 0 Å². The van der Waals surface area contributed by atoms with Gasteiger partial charge in [-0.1, -0.05) is 18.2 Å². The predicted octanol–water partition coefficient (Wildman–Crippen LogP) is 0.0102. The Kier molecular flexibility index (Phi) is 4.46. The lowest BCUT2D eigenvalue weighted by atomic mass is 9.77. The SMILES string of the molecule is O=C(NCc1nnnn1-c1ccccc1)[C@@H]1CC2(CCNCC2)CN1. The Balaban J connectivity index is 1.36. The number of aromatic nitrogens is 4. The first-order valence-corrected chi connectivity index (χ1v) is 8.80. The quantitative estimate of drug-likeness (QED) is 0.725. The highest BCUT2D eigenvalue weighted by Crippen LogP contribution is 2.37. The van der Waals surface area contributed by atoms with Gasteiger partial charge >= 0.3 is 0 Å². The second kappa shape index (κ2) is 6.89. The van der Waals surface area contributed by atoms with Crippen LogP contribution >= 0.6 is 0 Å². The van der Waals surface area contributed by atoms with E-state index in [4.69, 9.17) is 0 Å². The largest absolute Gasteiger partial charge is 0.347 e. The molecule has 0 unspecified atom stereocenters. The second-order valence-corrected chi connectivity index (χ2v) is 6.95. The van der Waals surface area contributed by atoms with Gasteiger partial charge in [0.1, 0.15) is 0 Å². The van der Waals surface area contributed by atoms with Crippen molar-refractivity contribution in [3.8, 4) is 5.69 Å². The van der Waals surface area contributed by atoms with Crippen LogP contribution in [0.3, 0.4) is 0 Å². The number of tetrazole rings is 1. The van der Waals surface area contributed by atoms with E-state index >= 15 is 0 Å². The summed E-state index contributed by atoms with van der Waals surface area (Å²) in [6.07, 6.45) is 3.18. The summed E-state index contributed by atoms with van der Waals surface area (Å²) in [4.78, 5) is 12.5. The topological polar surface area (TPSA) is 96.8 Å². The van der Waals surface area contributed by atoms with Crippen molar-refractivity contribution < 1.29 is 4.79 Å². The molecule has 0 saturated carbocycles. The van der Waals surface area contributed by atoms with Crippen LogP contribution in [-0.2, 0) is 11.3 Å². The molecule has 2 aromatic rings. The Morgan fingerprint density at radius 2 is 2.08 bits per heavy atom. The number of piperidine rings is 1. The van der Waals surface area contributed by atoms with E-state index < -0.39 is 0 Å². The van der Waals surface area contributed by atoms with Crippen LogP contribution in [0.1, 0.15) is 25.1 Å². The van der Waals surface area contributed by atoms with Crippen molar-refractivity contribution in [2.75, 3.05) is 19.6 Å². The summed E-state index contributed by atoms with van der Waals surface area (Å²) in [6.45, 7) is 3.33. The number of rotatable bonds is 4. The molecule has 4 rings (SSSR count). The molecule has 132 valence electrons. The number of nitrogens with zero attached hydrogens (tertiary/aromatic N) is 4. The third-order valence-electron chi connectivity index (χ3n) is 5.30. The fourth-order valence-electron chi connectivity index (χ4n) is 3.82. The molecule has 0 radical (unpaired) electrons. The first-order chi connectivity index (χ1) is 12.3. The minimum Gasteiger partial charge on any atom is -0.347 e. The molecule has 0 bridgehead atoms. The van der Waals surface area contributed by atoms with E-state index in [2.05, 4.69) is 31.5 Å². The van der Waals surface area contributed by atoms with Crippen LogP contribution in [0, 0.1) is 5.41 Å². The number of nitrogens with one attached hydrogen (secondary N) is 3. The van der Waals surface area contributed by atoms with Crippen LogP contribution in [-0.4, -0.2) is 51.8 Å². The maximum absolute atomic E-state index is 12.5. The number of amides is 1. The van der Waals surface area contributed by atoms with Gasteiger partial charge in [0.15, 0.2) is 5.82 Å². The van der Waals surface area contributed by atoms with Crippen molar-refractivity contribution in [1.29, 1.82) is 0 Å². The number of hydrogen-bond acceptors (Lipinski definition) is 6. The molecular weight excluding hydrogens is 318 g/mol. The highest BCUT2D eigenvalue weighted by molar-refractivity contribution is 5.82. The summed E-state index contributed by atoms with van der Waals surface area (Å²) in [5.74, 6) is 0.646. The van der Waals surface area contributed by atoms with Crippen LogP contribution in [0.15, 0.2) is 30.3 Å². The van der Waals surface area contributed by atoms with E-state index in [9.17, 15) is 4.79 Å². The number of benzene rings is 1. The molecule has 1 aromatic carbocycles. The molecule has 1 amide bonds. The Morgan fingerprint density at radius 3 is 2.88 bits per heavy atom. The zero-order valence-corrected chi connectivity index (χ0v) is 14.1. The van der Waals surface area contributed by atoms with Gasteiger partial charge in [0.05, 0.1) is 18.3 Å². The van der Waals surface area contributed by atoms with Crippen LogP contribution < -0.4 is 16.0 Å². The van der Waals surface area contributed by atoms with Crippen LogP contribution in [0.4, 0.5) is 0 Å². The number of hydrogen-bond donors (Lipinski definition) is 3. The van der Waals surface area contributed by atoms with Crippen molar-refractivity contribution in [2.24, 2.45) is 5.41 Å². The van der Waals surface area contributed by atoms with Crippen molar-refractivity contribution in [2.45, 2.75) is 31.8 Å². The summed E-state index contributed by atoms with van der Waals surface area (Å²) in [7, 11) is 0. The number of carbonyl (C=O) groups is 1. The van der Waals surface area contributed by atoms with E-state index in [1.807, 2.05) is 30.3 Å². The van der Waals surface area contributed by atoms with Gasteiger partial charge < -0.3 is 16.0 Å². The maximum Gasteiger partial charge on any atom is 0.237 e. The maximum atomic E-state index is 12.5. The number of carbonyl (C=O) groups excluding carboxylic acids is 1. The minimum atomic E-state index is -0.126. The molecule has 3 N–H and O–H groups in total. The first kappa shape index (κ1) is 16.2. The Hall–Kier alpha value is -2.32. The summed E-state index contributed by atoms with van der Waals surface area (Å²) in [6, 6.07) is 9.54. The zero-order chi connectivity index (χ0) is 17.1. The summed E-state index contributed by atoms with van der Waals surface area (Å²) in [5, 5.41) is 21.5. The lowest BCUT2D eigenvalue weighted by Gasteiger charge is -2.33. The fraction of sp³-hybridized carbons (Fsp3) is 0.529. The van der Waals surface area contributed by atoms with E-state index in [-0.39, 0.29) is 17.4 Å². The average Bonchev–Trinajstić information content (AvgIpc) is 3.29. The molecule has 1 aromatic heterocycles. The zero-order valence-electron chi connectivity index (χ0n) is 14.1. The highest BCUT2D eigenvalue weighted by Gasteiger charge is 2.42. The summed E-state index contributed by atoms with van der Waals surface area (Å²) in [5.41, 5.74) is 1.16. The summed E-state index contributed by atoms with van der Waals surface area (Å²) < 4.78 is 1.65. The molecular formula is C17H23N7O. The second-order valence-electron chi connectivity index (χ2n) is 6.95. The molecule has 25 heavy (non-hydrogen) atoms. The van der Waals surface area contributed by atoms with Crippen molar-refractivity contribution >= 4 is 5.91 Å². The lowest BCUT2D eigenvalue weighted by molar-refractivity contribution is -0.123. The van der Waals surface area contributed by atoms with Gasteiger partial charge in [-0.25, -0.2) is 0 Å². The Morgan fingerprint density at radius 1 is 1.28 bits per heavy atom. The smallest absolute Gasteiger partial charge is 0.237 e. The van der Waals surface area contributed by atoms with Crippen molar-refractivity contribution in [3.05, 3.63) is 36.2 Å². The summed E-state index contributed by atoms with van der Waals surface area (Å²) >= 11 is 0.